The van der Waals surface area contributed by atoms with Crippen molar-refractivity contribution in [2.75, 3.05) is 46.8 Å². The number of hydrogen-bond acceptors (Lipinski definition) is 3. The lowest BCUT2D eigenvalue weighted by atomic mass is 9.86. The summed E-state index contributed by atoms with van der Waals surface area (Å²) in [5, 5.41) is 0. The molecule has 0 aromatic heterocycles. The highest BCUT2D eigenvalue weighted by Crippen LogP contribution is 2.39. The smallest absolute Gasteiger partial charge is 0.337 e. The van der Waals surface area contributed by atoms with Crippen molar-refractivity contribution in [1.82, 2.24) is 14.7 Å². The van der Waals surface area contributed by atoms with Gasteiger partial charge in [0.25, 0.3) is 5.91 Å². The highest BCUT2D eigenvalue weighted by atomic mass is 19.4. The molecule has 172 valence electrons. The average molecular weight is 448 g/mol. The molecule has 1 aromatic carbocycles. The molecule has 0 unspecified atom stereocenters. The number of likely N-dealkylation sites (tertiary alicyclic amines) is 1. The largest absolute Gasteiger partial charge is 0.416 e. The van der Waals surface area contributed by atoms with Gasteiger partial charge in [0.2, 0.25) is 0 Å². The van der Waals surface area contributed by atoms with E-state index in [9.17, 15) is 22.8 Å². The zero-order valence-electron chi connectivity index (χ0n) is 18.3. The van der Waals surface area contributed by atoms with Crippen molar-refractivity contribution >= 4 is 17.6 Å². The molecule has 3 heterocycles. The number of carbonyl (C=O) groups is 2. The topological polar surface area (TPSA) is 56.2 Å². The third-order valence-corrected chi connectivity index (χ3v) is 6.52. The predicted octanol–water partition coefficient (Wildman–Crippen LogP) is 3.55. The summed E-state index contributed by atoms with van der Waals surface area (Å²) in [5.41, 5.74) is 2.06. The van der Waals surface area contributed by atoms with Crippen molar-refractivity contribution in [1.29, 1.82) is 0 Å². The normalized spacial score (nSPS) is 19.7. The number of hydrogen-bond donors (Lipinski definition) is 0. The Hall–Kier alpha value is -2.84. The van der Waals surface area contributed by atoms with Gasteiger partial charge in [-0.2, -0.15) is 13.2 Å². The lowest BCUT2D eigenvalue weighted by molar-refractivity contribution is -0.138. The summed E-state index contributed by atoms with van der Waals surface area (Å²) < 4.78 is 40.2. The predicted molar refractivity (Wildman–Crippen MR) is 115 cm³/mol. The summed E-state index contributed by atoms with van der Waals surface area (Å²) in [6.07, 6.45) is -2.74. The van der Waals surface area contributed by atoms with E-state index in [4.69, 9.17) is 0 Å². The monoisotopic (exact) mass is 448 g/mol. The van der Waals surface area contributed by atoms with Crippen LogP contribution in [0.25, 0.3) is 0 Å². The maximum atomic E-state index is 13.4. The van der Waals surface area contributed by atoms with Crippen LogP contribution in [0.15, 0.2) is 40.4 Å². The SMILES string of the molecule is CN(C)C(=O)N1CCC2=C(C1)C(C(=O)N1CCC(c3ccccc3C(F)(F)F)CC1)=NC2. The molecule has 6 nitrogen and oxygen atoms in total. The summed E-state index contributed by atoms with van der Waals surface area (Å²) in [6, 6.07) is 5.61. The third-order valence-electron chi connectivity index (χ3n) is 6.52. The van der Waals surface area contributed by atoms with Gasteiger partial charge in [0.1, 0.15) is 5.71 Å². The number of urea groups is 1. The van der Waals surface area contributed by atoms with Crippen molar-refractivity contribution in [3.8, 4) is 0 Å². The number of aliphatic imine (C=N–C) groups is 1. The highest BCUT2D eigenvalue weighted by molar-refractivity contribution is 6.46. The van der Waals surface area contributed by atoms with E-state index in [-0.39, 0.29) is 17.9 Å². The summed E-state index contributed by atoms with van der Waals surface area (Å²) in [6.45, 7) is 2.23. The zero-order valence-corrected chi connectivity index (χ0v) is 18.3. The molecule has 0 N–H and O–H groups in total. The standard InChI is InChI=1S/C23H27F3N4O2/c1-28(2)22(32)30-12-9-16-13-27-20(18(16)14-30)21(31)29-10-7-15(8-11-29)17-5-3-4-6-19(17)23(24,25)26/h3-6,15H,7-14H2,1-2H3. The van der Waals surface area contributed by atoms with E-state index in [1.54, 1.807) is 36.0 Å². The van der Waals surface area contributed by atoms with Gasteiger partial charge in [-0.25, -0.2) is 4.79 Å². The second kappa shape index (κ2) is 8.60. The van der Waals surface area contributed by atoms with E-state index < -0.39 is 11.7 Å². The van der Waals surface area contributed by atoms with Gasteiger partial charge in [0.05, 0.1) is 12.1 Å². The molecule has 0 spiro atoms. The van der Waals surface area contributed by atoms with Crippen molar-refractivity contribution in [3.05, 3.63) is 46.5 Å². The fourth-order valence-corrected chi connectivity index (χ4v) is 4.79. The van der Waals surface area contributed by atoms with E-state index in [1.165, 1.54) is 11.0 Å². The van der Waals surface area contributed by atoms with Crippen molar-refractivity contribution in [3.63, 3.8) is 0 Å². The van der Waals surface area contributed by atoms with Crippen LogP contribution >= 0.6 is 0 Å². The van der Waals surface area contributed by atoms with Gasteiger partial charge in [-0.05, 0) is 42.4 Å². The van der Waals surface area contributed by atoms with Crippen LogP contribution in [0.4, 0.5) is 18.0 Å². The van der Waals surface area contributed by atoms with Crippen LogP contribution in [0.2, 0.25) is 0 Å². The lowest BCUT2D eigenvalue weighted by Gasteiger charge is -2.34. The molecule has 3 aliphatic heterocycles. The van der Waals surface area contributed by atoms with Crippen molar-refractivity contribution in [2.45, 2.75) is 31.4 Å². The number of nitrogens with zero attached hydrogens (tertiary/aromatic N) is 4. The van der Waals surface area contributed by atoms with Gasteiger partial charge in [0.15, 0.2) is 0 Å². The van der Waals surface area contributed by atoms with E-state index in [0.29, 0.717) is 63.3 Å². The van der Waals surface area contributed by atoms with Crippen LogP contribution in [-0.2, 0) is 11.0 Å². The average Bonchev–Trinajstić information content (AvgIpc) is 3.20. The van der Waals surface area contributed by atoms with E-state index in [2.05, 4.69) is 4.99 Å². The molecular formula is C23H27F3N4O2. The van der Waals surface area contributed by atoms with Crippen LogP contribution in [0, 0.1) is 0 Å². The van der Waals surface area contributed by atoms with E-state index in [0.717, 1.165) is 17.2 Å². The molecule has 3 amide bonds. The van der Waals surface area contributed by atoms with Crippen LogP contribution in [-0.4, -0.2) is 79.2 Å². The second-order valence-corrected chi connectivity index (χ2v) is 8.75. The first-order valence-electron chi connectivity index (χ1n) is 10.8. The van der Waals surface area contributed by atoms with Crippen molar-refractivity contribution in [2.24, 2.45) is 4.99 Å². The molecule has 3 aliphatic rings. The molecule has 0 radical (unpaired) electrons. The Morgan fingerprint density at radius 3 is 2.41 bits per heavy atom. The van der Waals surface area contributed by atoms with Gasteiger partial charge in [0, 0.05) is 45.8 Å². The summed E-state index contributed by atoms with van der Waals surface area (Å²) in [4.78, 5) is 34.9. The van der Waals surface area contributed by atoms with Gasteiger partial charge in [-0.15, -0.1) is 0 Å². The molecule has 9 heteroatoms. The maximum absolute atomic E-state index is 13.4. The van der Waals surface area contributed by atoms with Gasteiger partial charge >= 0.3 is 12.2 Å². The molecular weight excluding hydrogens is 421 g/mol. The number of rotatable bonds is 2. The fourth-order valence-electron chi connectivity index (χ4n) is 4.79. The number of benzene rings is 1. The minimum absolute atomic E-state index is 0.0978. The van der Waals surface area contributed by atoms with Gasteiger partial charge in [-0.1, -0.05) is 18.2 Å². The summed E-state index contributed by atoms with van der Waals surface area (Å²) >= 11 is 0. The van der Waals surface area contributed by atoms with Crippen molar-refractivity contribution < 1.29 is 22.8 Å². The summed E-state index contributed by atoms with van der Waals surface area (Å²) in [5.74, 6) is -0.420. The van der Waals surface area contributed by atoms with E-state index in [1.807, 2.05) is 0 Å². The molecule has 0 atom stereocenters. The van der Waals surface area contributed by atoms with Crippen LogP contribution in [0.5, 0.6) is 0 Å². The molecule has 4 rings (SSSR count). The second-order valence-electron chi connectivity index (χ2n) is 8.75. The van der Waals surface area contributed by atoms with Gasteiger partial charge < -0.3 is 14.7 Å². The Bertz CT molecular complexity index is 976. The number of carbonyl (C=O) groups excluding carboxylic acids is 2. The van der Waals surface area contributed by atoms with Gasteiger partial charge in [-0.3, -0.25) is 9.79 Å². The van der Waals surface area contributed by atoms with E-state index >= 15 is 0 Å². The molecule has 0 saturated carbocycles. The number of amides is 3. The van der Waals surface area contributed by atoms with Crippen LogP contribution in [0.3, 0.4) is 0 Å². The maximum Gasteiger partial charge on any atom is 0.416 e. The Morgan fingerprint density at radius 1 is 1.06 bits per heavy atom. The first-order chi connectivity index (χ1) is 15.2. The minimum atomic E-state index is -4.39. The molecule has 32 heavy (non-hydrogen) atoms. The zero-order chi connectivity index (χ0) is 23.0. The first-order valence-corrected chi connectivity index (χ1v) is 10.8. The molecule has 1 saturated heterocycles. The minimum Gasteiger partial charge on any atom is -0.337 e. The number of alkyl halides is 3. The molecule has 1 fully saturated rings. The fraction of sp³-hybridized carbons (Fsp3) is 0.522. The Balaban J connectivity index is 1.43. The molecule has 1 aromatic rings. The Morgan fingerprint density at radius 2 is 1.75 bits per heavy atom. The Kier molecular flexibility index (Phi) is 6.01. The molecule has 0 bridgehead atoms. The van der Waals surface area contributed by atoms with Crippen LogP contribution < -0.4 is 0 Å². The molecule has 0 aliphatic carbocycles. The first kappa shape index (κ1) is 22.4. The number of piperidine rings is 1. The van der Waals surface area contributed by atoms with Crippen LogP contribution in [0.1, 0.15) is 36.3 Å². The Labute approximate surface area is 185 Å². The third kappa shape index (κ3) is 4.25. The summed E-state index contributed by atoms with van der Waals surface area (Å²) in [7, 11) is 3.39. The quantitative estimate of drug-likeness (QED) is 0.695. The highest BCUT2D eigenvalue weighted by Gasteiger charge is 2.38. The lowest BCUT2D eigenvalue weighted by Crippen LogP contribution is -2.46. The number of halogens is 3.